The molecule has 2 rings (SSSR count). The predicted molar refractivity (Wildman–Crippen MR) is 66.3 cm³/mol. The molecule has 4 heteroatoms. The summed E-state index contributed by atoms with van der Waals surface area (Å²) >= 11 is 0. The number of nitrogen functional groups attached to an aromatic ring is 1. The molecule has 1 amide bonds. The molecule has 0 spiro atoms. The van der Waals surface area contributed by atoms with Crippen LogP contribution >= 0.6 is 0 Å². The van der Waals surface area contributed by atoms with E-state index >= 15 is 0 Å². The highest BCUT2D eigenvalue weighted by Gasteiger charge is 2.21. The maximum absolute atomic E-state index is 11.7. The molecule has 1 aliphatic rings. The molecule has 0 atom stereocenters. The first-order valence-electron chi connectivity index (χ1n) is 5.56. The van der Waals surface area contributed by atoms with Gasteiger partial charge >= 0.3 is 6.09 Å². The largest absolute Gasteiger partial charge is 0.416 e. The van der Waals surface area contributed by atoms with Gasteiger partial charge in [0, 0.05) is 18.8 Å². The number of amides is 1. The first-order chi connectivity index (χ1) is 8.06. The van der Waals surface area contributed by atoms with Gasteiger partial charge in [-0.1, -0.05) is 12.6 Å². The normalized spacial score (nSPS) is 14.1. The summed E-state index contributed by atoms with van der Waals surface area (Å²) in [5.41, 5.74) is 8.83. The number of ether oxygens (including phenoxy) is 1. The van der Waals surface area contributed by atoms with E-state index in [1.54, 1.807) is 11.8 Å². The van der Waals surface area contributed by atoms with Crippen molar-refractivity contribution in [1.82, 2.24) is 4.90 Å². The van der Waals surface area contributed by atoms with Crippen LogP contribution in [0.3, 0.4) is 0 Å². The number of anilines is 1. The molecular weight excluding hydrogens is 216 g/mol. The minimum atomic E-state index is -0.333. The zero-order chi connectivity index (χ0) is 12.4. The van der Waals surface area contributed by atoms with Crippen molar-refractivity contribution >= 4 is 11.8 Å². The summed E-state index contributed by atoms with van der Waals surface area (Å²) in [7, 11) is 0. The fourth-order valence-corrected chi connectivity index (χ4v) is 1.94. The van der Waals surface area contributed by atoms with E-state index < -0.39 is 0 Å². The molecule has 2 N–H and O–H groups in total. The van der Waals surface area contributed by atoms with Gasteiger partial charge < -0.3 is 15.4 Å². The van der Waals surface area contributed by atoms with Gasteiger partial charge in [-0.3, -0.25) is 0 Å². The van der Waals surface area contributed by atoms with Gasteiger partial charge in [0.1, 0.15) is 0 Å². The average molecular weight is 232 g/mol. The second kappa shape index (κ2) is 4.49. The second-order valence-electron chi connectivity index (χ2n) is 4.27. The number of carbonyl (C=O) groups excluding carboxylic acids is 1. The molecule has 1 heterocycles. The van der Waals surface area contributed by atoms with E-state index in [0.717, 1.165) is 17.7 Å². The van der Waals surface area contributed by atoms with Crippen LogP contribution in [0.5, 0.6) is 0 Å². The lowest BCUT2D eigenvalue weighted by atomic mass is 9.99. The Labute approximate surface area is 101 Å². The van der Waals surface area contributed by atoms with Crippen LogP contribution in [0, 0.1) is 0 Å². The highest BCUT2D eigenvalue weighted by atomic mass is 16.6. The van der Waals surface area contributed by atoms with E-state index in [9.17, 15) is 4.79 Å². The molecule has 17 heavy (non-hydrogen) atoms. The number of rotatable bonds is 1. The third-order valence-electron chi connectivity index (χ3n) is 2.76. The number of hydrogen-bond donors (Lipinski definition) is 1. The Bertz CT molecular complexity index is 468. The Morgan fingerprint density at radius 3 is 2.94 bits per heavy atom. The lowest BCUT2D eigenvalue weighted by molar-refractivity contribution is 0.124. The van der Waals surface area contributed by atoms with Gasteiger partial charge in [-0.05, 0) is 36.6 Å². The lowest BCUT2D eigenvalue weighted by Gasteiger charge is -2.28. The van der Waals surface area contributed by atoms with Gasteiger partial charge in [0.2, 0.25) is 0 Å². The van der Waals surface area contributed by atoms with Crippen molar-refractivity contribution < 1.29 is 9.53 Å². The number of hydrogen-bond acceptors (Lipinski definition) is 3. The van der Waals surface area contributed by atoms with Crippen molar-refractivity contribution in [2.75, 3.05) is 12.3 Å². The molecule has 0 aromatic heterocycles. The number of carbonyl (C=O) groups is 1. The first-order valence-corrected chi connectivity index (χ1v) is 5.56. The molecule has 1 aromatic carbocycles. The van der Waals surface area contributed by atoms with E-state index in [4.69, 9.17) is 10.5 Å². The predicted octanol–water partition coefficient (Wildman–Crippen LogP) is 2.30. The summed E-state index contributed by atoms with van der Waals surface area (Å²) in [5, 5.41) is 0. The summed E-state index contributed by atoms with van der Waals surface area (Å²) in [6, 6.07) is 5.79. The number of nitrogens with zero attached hydrogens (tertiary/aromatic N) is 1. The highest BCUT2D eigenvalue weighted by molar-refractivity contribution is 5.69. The molecule has 0 saturated heterocycles. The molecule has 4 nitrogen and oxygen atoms in total. The summed E-state index contributed by atoms with van der Waals surface area (Å²) in [4.78, 5) is 13.4. The van der Waals surface area contributed by atoms with Gasteiger partial charge in [0.05, 0.1) is 5.76 Å². The quantitative estimate of drug-likeness (QED) is 0.597. The van der Waals surface area contributed by atoms with E-state index in [2.05, 4.69) is 6.58 Å². The third kappa shape index (κ3) is 2.58. The minimum absolute atomic E-state index is 0.333. The molecule has 0 aliphatic carbocycles. The van der Waals surface area contributed by atoms with Crippen molar-refractivity contribution in [3.63, 3.8) is 0 Å². The van der Waals surface area contributed by atoms with Crippen LogP contribution in [-0.4, -0.2) is 17.5 Å². The molecule has 90 valence electrons. The van der Waals surface area contributed by atoms with Crippen LogP contribution in [0.25, 0.3) is 0 Å². The molecular formula is C13H16N2O2. The molecule has 0 bridgehead atoms. The van der Waals surface area contributed by atoms with E-state index in [0.29, 0.717) is 18.8 Å². The van der Waals surface area contributed by atoms with E-state index in [-0.39, 0.29) is 6.09 Å². The fraction of sp³-hybridized carbons (Fsp3) is 0.308. The second-order valence-corrected chi connectivity index (χ2v) is 4.27. The molecule has 1 aliphatic heterocycles. The first kappa shape index (κ1) is 11.5. The van der Waals surface area contributed by atoms with Gasteiger partial charge in [-0.15, -0.1) is 0 Å². The van der Waals surface area contributed by atoms with Crippen LogP contribution in [0.4, 0.5) is 10.5 Å². The van der Waals surface area contributed by atoms with Crippen LogP contribution in [0.2, 0.25) is 0 Å². The average Bonchev–Trinajstić information content (AvgIpc) is 2.27. The van der Waals surface area contributed by atoms with Crippen LogP contribution in [-0.2, 0) is 17.7 Å². The Morgan fingerprint density at radius 1 is 1.47 bits per heavy atom. The zero-order valence-electron chi connectivity index (χ0n) is 9.90. The number of fused-ring (bicyclic) bond motifs is 1. The molecule has 0 saturated carbocycles. The minimum Gasteiger partial charge on any atom is -0.416 e. The summed E-state index contributed by atoms with van der Waals surface area (Å²) < 4.78 is 5.00. The van der Waals surface area contributed by atoms with Gasteiger partial charge in [-0.2, -0.15) is 0 Å². The van der Waals surface area contributed by atoms with Gasteiger partial charge in [-0.25, -0.2) is 4.79 Å². The molecule has 0 unspecified atom stereocenters. The highest BCUT2D eigenvalue weighted by Crippen LogP contribution is 2.21. The zero-order valence-corrected chi connectivity index (χ0v) is 9.90. The van der Waals surface area contributed by atoms with Crippen molar-refractivity contribution in [3.05, 3.63) is 41.7 Å². The number of nitrogens with two attached hydrogens (primary N) is 1. The lowest BCUT2D eigenvalue weighted by Crippen LogP contribution is -2.36. The summed E-state index contributed by atoms with van der Waals surface area (Å²) in [5.74, 6) is 0.415. The topological polar surface area (TPSA) is 55.6 Å². The SMILES string of the molecule is C=C(C)OC(=O)N1CCc2cc(N)ccc2C1. The van der Waals surface area contributed by atoms with E-state index in [1.165, 1.54) is 5.56 Å². The maximum atomic E-state index is 11.7. The number of allylic oxidation sites excluding steroid dienone is 1. The van der Waals surface area contributed by atoms with Crippen LogP contribution in [0.15, 0.2) is 30.5 Å². The third-order valence-corrected chi connectivity index (χ3v) is 2.76. The van der Waals surface area contributed by atoms with Crippen LogP contribution in [0.1, 0.15) is 18.1 Å². The standard InChI is InChI=1S/C13H16N2O2/c1-9(2)17-13(16)15-6-5-10-7-12(14)4-3-11(10)8-15/h3-4,7H,1,5-6,8,14H2,2H3. The Morgan fingerprint density at radius 2 is 2.24 bits per heavy atom. The molecule has 0 fully saturated rings. The van der Waals surface area contributed by atoms with E-state index in [1.807, 2.05) is 18.2 Å². The molecule has 0 radical (unpaired) electrons. The van der Waals surface area contributed by atoms with Crippen LogP contribution < -0.4 is 5.73 Å². The van der Waals surface area contributed by atoms with Gasteiger partial charge in [0.25, 0.3) is 0 Å². The van der Waals surface area contributed by atoms with Gasteiger partial charge in [0.15, 0.2) is 0 Å². The Balaban J connectivity index is 2.11. The van der Waals surface area contributed by atoms with Crippen molar-refractivity contribution in [2.24, 2.45) is 0 Å². The number of benzene rings is 1. The fourth-order valence-electron chi connectivity index (χ4n) is 1.94. The van der Waals surface area contributed by atoms with Crippen molar-refractivity contribution in [1.29, 1.82) is 0 Å². The maximum Gasteiger partial charge on any atom is 0.415 e. The molecule has 1 aromatic rings. The monoisotopic (exact) mass is 232 g/mol. The van der Waals surface area contributed by atoms with Crippen molar-refractivity contribution in [2.45, 2.75) is 19.9 Å². The summed E-state index contributed by atoms with van der Waals surface area (Å²) in [6.07, 6.45) is 0.478. The Hall–Kier alpha value is -1.97. The summed E-state index contributed by atoms with van der Waals surface area (Å²) in [6.45, 7) is 6.45. The smallest absolute Gasteiger partial charge is 0.415 e. The Kier molecular flexibility index (Phi) is 3.04. The van der Waals surface area contributed by atoms with Crippen molar-refractivity contribution in [3.8, 4) is 0 Å².